The first-order valence-corrected chi connectivity index (χ1v) is 7.82. The average molecular weight is 358 g/mol. The van der Waals surface area contributed by atoms with Crippen LogP contribution in [0.2, 0.25) is 0 Å². The topological polar surface area (TPSA) is 70.8 Å². The molecule has 1 atom stereocenters. The van der Waals surface area contributed by atoms with Gasteiger partial charge < -0.3 is 19.9 Å². The lowest BCUT2D eigenvalue weighted by atomic mass is 10.0. The lowest BCUT2D eigenvalue weighted by molar-refractivity contribution is -0.140. The number of unbranched alkanes of at least 4 members (excludes halogenated alkanes) is 1. The van der Waals surface area contributed by atoms with Crippen molar-refractivity contribution in [1.29, 1.82) is 0 Å². The molecular weight excluding hydrogens is 338 g/mol. The predicted octanol–water partition coefficient (Wildman–Crippen LogP) is 2.95. The molecule has 0 saturated carbocycles. The largest absolute Gasteiger partial charge is 0.486 e. The van der Waals surface area contributed by atoms with Crippen molar-refractivity contribution in [3.8, 4) is 11.5 Å². The van der Waals surface area contributed by atoms with Crippen LogP contribution >= 0.6 is 15.9 Å². The van der Waals surface area contributed by atoms with E-state index >= 15 is 0 Å². The predicted molar refractivity (Wildman–Crippen MR) is 82.5 cm³/mol. The van der Waals surface area contributed by atoms with E-state index in [2.05, 4.69) is 20.7 Å². The van der Waals surface area contributed by atoms with Gasteiger partial charge in [-0.3, -0.25) is 4.79 Å². The number of hydrogen-bond acceptors (Lipinski definition) is 5. The summed E-state index contributed by atoms with van der Waals surface area (Å²) in [6.45, 7) is 1.13. The number of ether oxygens (including phenoxy) is 3. The van der Waals surface area contributed by atoms with Crippen molar-refractivity contribution in [1.82, 2.24) is 0 Å². The summed E-state index contributed by atoms with van der Waals surface area (Å²) in [5, 5.41) is 0. The average Bonchev–Trinajstić information content (AvgIpc) is 2.50. The number of esters is 1. The summed E-state index contributed by atoms with van der Waals surface area (Å²) in [5.41, 5.74) is 7.23. The molecule has 1 heterocycles. The van der Waals surface area contributed by atoms with Gasteiger partial charge in [-0.15, -0.1) is 0 Å². The van der Waals surface area contributed by atoms with Crippen LogP contribution < -0.4 is 15.2 Å². The van der Waals surface area contributed by atoms with Crippen LogP contribution in [0.5, 0.6) is 11.5 Å². The Labute approximate surface area is 132 Å². The number of fused-ring (bicyclic) bond motifs is 1. The fraction of sp³-hybridized carbons (Fsp3) is 0.533. The van der Waals surface area contributed by atoms with Crippen LogP contribution in [0.1, 0.15) is 37.3 Å². The van der Waals surface area contributed by atoms with Gasteiger partial charge in [-0.25, -0.2) is 0 Å². The molecule has 0 amide bonds. The molecule has 0 saturated heterocycles. The number of methoxy groups -OCH3 is 1. The quantitative estimate of drug-likeness (QED) is 0.625. The van der Waals surface area contributed by atoms with Crippen molar-refractivity contribution in [3.63, 3.8) is 0 Å². The zero-order valence-electron chi connectivity index (χ0n) is 12.1. The van der Waals surface area contributed by atoms with E-state index in [1.807, 2.05) is 12.1 Å². The van der Waals surface area contributed by atoms with E-state index < -0.39 is 0 Å². The van der Waals surface area contributed by atoms with Gasteiger partial charge in [0.2, 0.25) is 0 Å². The monoisotopic (exact) mass is 357 g/mol. The summed E-state index contributed by atoms with van der Waals surface area (Å²) in [6.07, 6.45) is 2.89. The van der Waals surface area contributed by atoms with Gasteiger partial charge in [-0.05, 0) is 30.5 Å². The molecular formula is C15H20BrNO4. The Morgan fingerprint density at radius 1 is 1.33 bits per heavy atom. The molecule has 1 aromatic carbocycles. The van der Waals surface area contributed by atoms with Crippen LogP contribution in [0.4, 0.5) is 0 Å². The number of rotatable bonds is 6. The van der Waals surface area contributed by atoms with Gasteiger partial charge in [-0.2, -0.15) is 0 Å². The van der Waals surface area contributed by atoms with Gasteiger partial charge in [0.1, 0.15) is 13.2 Å². The maximum absolute atomic E-state index is 11.0. The fourth-order valence-electron chi connectivity index (χ4n) is 2.26. The number of nitrogens with two attached hydrogens (primary N) is 1. The van der Waals surface area contributed by atoms with Crippen LogP contribution in [-0.4, -0.2) is 26.3 Å². The first-order chi connectivity index (χ1) is 10.1. The second kappa shape index (κ2) is 7.66. The lowest BCUT2D eigenvalue weighted by Crippen LogP contribution is -2.17. The third-order valence-corrected chi connectivity index (χ3v) is 4.12. The van der Waals surface area contributed by atoms with E-state index in [9.17, 15) is 4.79 Å². The van der Waals surface area contributed by atoms with Gasteiger partial charge in [0.15, 0.2) is 11.5 Å². The number of carbonyl (C=O) groups excluding carboxylic acids is 1. The third kappa shape index (κ3) is 4.35. The second-order valence-electron chi connectivity index (χ2n) is 4.95. The highest BCUT2D eigenvalue weighted by atomic mass is 79.9. The molecule has 21 heavy (non-hydrogen) atoms. The molecule has 5 nitrogen and oxygen atoms in total. The van der Waals surface area contributed by atoms with Crippen LogP contribution in [-0.2, 0) is 9.53 Å². The summed E-state index contributed by atoms with van der Waals surface area (Å²) in [7, 11) is 1.40. The summed E-state index contributed by atoms with van der Waals surface area (Å²) in [6, 6.07) is 3.73. The van der Waals surface area contributed by atoms with Crippen LogP contribution in [0.25, 0.3) is 0 Å². The fourth-order valence-corrected chi connectivity index (χ4v) is 2.87. The number of hydrogen-bond donors (Lipinski definition) is 1. The zero-order chi connectivity index (χ0) is 15.2. The molecule has 0 spiro atoms. The van der Waals surface area contributed by atoms with E-state index in [1.54, 1.807) is 0 Å². The highest BCUT2D eigenvalue weighted by Crippen LogP contribution is 2.38. The molecule has 1 unspecified atom stereocenters. The standard InChI is InChI=1S/C15H20BrNO4/c1-19-15(18)5-3-2-4-12(17)10-8-13-14(9-11(10)16)21-7-6-20-13/h8-9,12H,2-7,17H2,1H3. The second-order valence-corrected chi connectivity index (χ2v) is 5.80. The van der Waals surface area contributed by atoms with Crippen molar-refractivity contribution < 1.29 is 19.0 Å². The molecule has 1 aliphatic heterocycles. The molecule has 6 heteroatoms. The molecule has 1 aromatic rings. The Kier molecular flexibility index (Phi) is 5.87. The molecule has 1 aliphatic rings. The molecule has 0 bridgehead atoms. The van der Waals surface area contributed by atoms with E-state index in [0.29, 0.717) is 19.6 Å². The van der Waals surface area contributed by atoms with Gasteiger partial charge in [0, 0.05) is 16.9 Å². The summed E-state index contributed by atoms with van der Waals surface area (Å²) < 4.78 is 16.6. The normalized spacial score (nSPS) is 14.6. The zero-order valence-corrected chi connectivity index (χ0v) is 13.6. The van der Waals surface area contributed by atoms with Gasteiger partial charge >= 0.3 is 5.97 Å². The minimum Gasteiger partial charge on any atom is -0.486 e. The highest BCUT2D eigenvalue weighted by molar-refractivity contribution is 9.10. The Hall–Kier alpha value is -1.27. The first-order valence-electron chi connectivity index (χ1n) is 7.03. The Bertz CT molecular complexity index is 507. The number of halogens is 1. The molecule has 116 valence electrons. The summed E-state index contributed by atoms with van der Waals surface area (Å²) in [4.78, 5) is 11.0. The van der Waals surface area contributed by atoms with Gasteiger partial charge in [0.25, 0.3) is 0 Å². The minimum absolute atomic E-state index is 0.104. The molecule has 0 aromatic heterocycles. The summed E-state index contributed by atoms with van der Waals surface area (Å²) in [5.74, 6) is 1.31. The van der Waals surface area contributed by atoms with Crippen molar-refractivity contribution in [2.24, 2.45) is 5.73 Å². The van der Waals surface area contributed by atoms with E-state index in [4.69, 9.17) is 15.2 Å². The van der Waals surface area contributed by atoms with E-state index in [0.717, 1.165) is 40.8 Å². The van der Waals surface area contributed by atoms with Crippen LogP contribution in [0.3, 0.4) is 0 Å². The molecule has 0 aliphatic carbocycles. The van der Waals surface area contributed by atoms with Crippen molar-refractivity contribution >= 4 is 21.9 Å². The smallest absolute Gasteiger partial charge is 0.305 e. The maximum Gasteiger partial charge on any atom is 0.305 e. The SMILES string of the molecule is COC(=O)CCCCC(N)c1cc2c(cc1Br)OCCO2. The Balaban J connectivity index is 1.92. The van der Waals surface area contributed by atoms with Gasteiger partial charge in [0.05, 0.1) is 7.11 Å². The molecule has 2 N–H and O–H groups in total. The lowest BCUT2D eigenvalue weighted by Gasteiger charge is -2.22. The maximum atomic E-state index is 11.0. The Morgan fingerprint density at radius 2 is 2.00 bits per heavy atom. The third-order valence-electron chi connectivity index (χ3n) is 3.43. The van der Waals surface area contributed by atoms with E-state index in [-0.39, 0.29) is 12.0 Å². The van der Waals surface area contributed by atoms with Crippen LogP contribution in [0, 0.1) is 0 Å². The highest BCUT2D eigenvalue weighted by Gasteiger charge is 2.18. The Morgan fingerprint density at radius 3 is 2.67 bits per heavy atom. The van der Waals surface area contributed by atoms with Crippen molar-refractivity contribution in [3.05, 3.63) is 22.2 Å². The molecule has 0 radical (unpaired) electrons. The molecule has 2 rings (SSSR count). The van der Waals surface area contributed by atoms with Crippen molar-refractivity contribution in [2.75, 3.05) is 20.3 Å². The number of carbonyl (C=O) groups is 1. The van der Waals surface area contributed by atoms with Crippen molar-refractivity contribution in [2.45, 2.75) is 31.7 Å². The van der Waals surface area contributed by atoms with Crippen LogP contribution in [0.15, 0.2) is 16.6 Å². The summed E-state index contributed by atoms with van der Waals surface area (Å²) >= 11 is 3.53. The first kappa shape index (κ1) is 16.1. The minimum atomic E-state index is -0.177. The van der Waals surface area contributed by atoms with E-state index in [1.165, 1.54) is 7.11 Å². The number of benzene rings is 1. The van der Waals surface area contributed by atoms with Gasteiger partial charge in [-0.1, -0.05) is 22.4 Å². The molecule has 0 fully saturated rings.